The van der Waals surface area contributed by atoms with Crippen molar-refractivity contribution < 1.29 is 1.43 Å². The summed E-state index contributed by atoms with van der Waals surface area (Å²) in [5, 5.41) is 3.53. The number of hydrogen-bond donors (Lipinski definition) is 0. The van der Waals surface area contributed by atoms with Gasteiger partial charge in [-0.2, -0.15) is 0 Å². The zero-order valence-corrected chi connectivity index (χ0v) is 8.74. The zero-order valence-electron chi connectivity index (χ0n) is 8.74. The number of benzene rings is 2. The van der Waals surface area contributed by atoms with Gasteiger partial charge in [0, 0.05) is 6.34 Å². The normalized spacial score (nSPS) is 9.50. The van der Waals surface area contributed by atoms with Crippen molar-refractivity contribution in [1.29, 1.82) is 0 Å². The fourth-order valence-electron chi connectivity index (χ4n) is 1.55. The molecule has 0 heterocycles. The molecule has 0 aromatic heterocycles. The maximum atomic E-state index is 8.22. The largest absolute Gasteiger partial charge is 0.0893 e. The maximum absolute atomic E-state index is 8.22. The quantitative estimate of drug-likeness (QED) is 0.410. The third kappa shape index (κ3) is 2.41. The summed E-state index contributed by atoms with van der Waals surface area (Å²) >= 11 is 0. The topological polar surface area (TPSA) is 48.8 Å². The molecule has 2 aromatic rings. The van der Waals surface area contributed by atoms with Crippen LogP contribution in [0.5, 0.6) is 0 Å². The number of nitrogens with zero attached hydrogens (tertiary/aromatic N) is 3. The predicted molar refractivity (Wildman–Crippen MR) is 66.8 cm³/mol. The predicted octanol–water partition coefficient (Wildman–Crippen LogP) is 4.41. The summed E-state index contributed by atoms with van der Waals surface area (Å²) in [5.74, 6) is 0. The highest BCUT2D eigenvalue weighted by Gasteiger charge is 1.96. The summed E-state index contributed by atoms with van der Waals surface area (Å²) in [4.78, 5) is 2.74. The minimum Gasteiger partial charge on any atom is -0.0893 e. The van der Waals surface area contributed by atoms with Crippen LogP contribution >= 0.6 is 0 Å². The standard InChI is InChI=1S/C13H11N3.H2/c14-16-15-10-11-6-8-13(9-7-11)12-4-2-1-3-5-12;/h1-9H,10H2;1H. The van der Waals surface area contributed by atoms with Crippen molar-refractivity contribution in [2.75, 3.05) is 0 Å². The Kier molecular flexibility index (Phi) is 3.22. The van der Waals surface area contributed by atoms with Crippen molar-refractivity contribution in [1.82, 2.24) is 0 Å². The fraction of sp³-hybridized carbons (Fsp3) is 0.0769. The van der Waals surface area contributed by atoms with Gasteiger partial charge in [-0.3, -0.25) is 0 Å². The molecule has 0 atom stereocenters. The number of azide groups is 1. The van der Waals surface area contributed by atoms with E-state index in [1.807, 2.05) is 42.5 Å². The molecule has 3 heteroatoms. The van der Waals surface area contributed by atoms with Gasteiger partial charge in [-0.15, -0.1) is 0 Å². The molecular weight excluding hydrogens is 198 g/mol. The van der Waals surface area contributed by atoms with Gasteiger partial charge >= 0.3 is 0 Å². The van der Waals surface area contributed by atoms with Crippen LogP contribution in [0.1, 0.15) is 6.99 Å². The summed E-state index contributed by atoms with van der Waals surface area (Å²) in [6.45, 7) is 0.408. The minimum atomic E-state index is 0. The van der Waals surface area contributed by atoms with Crippen molar-refractivity contribution in [2.24, 2.45) is 5.11 Å². The number of hydrogen-bond acceptors (Lipinski definition) is 1. The summed E-state index contributed by atoms with van der Waals surface area (Å²) in [6, 6.07) is 18.2. The van der Waals surface area contributed by atoms with E-state index in [4.69, 9.17) is 5.53 Å². The second-order valence-electron chi connectivity index (χ2n) is 3.45. The maximum Gasteiger partial charge on any atom is 0.0510 e. The van der Waals surface area contributed by atoms with Gasteiger partial charge in [-0.25, -0.2) is 0 Å². The molecule has 0 aliphatic rings. The molecule has 0 N–H and O–H groups in total. The molecule has 0 aliphatic heterocycles. The Balaban J connectivity index is 0.00000144. The molecular formula is C13H13N3. The Morgan fingerprint density at radius 1 is 0.938 bits per heavy atom. The molecule has 16 heavy (non-hydrogen) atoms. The number of rotatable bonds is 3. The van der Waals surface area contributed by atoms with Crippen LogP contribution in [0.2, 0.25) is 0 Å². The lowest BCUT2D eigenvalue weighted by Gasteiger charge is -2.02. The van der Waals surface area contributed by atoms with E-state index in [0.29, 0.717) is 6.54 Å². The second-order valence-corrected chi connectivity index (χ2v) is 3.45. The van der Waals surface area contributed by atoms with Crippen LogP contribution in [0.3, 0.4) is 0 Å². The van der Waals surface area contributed by atoms with Crippen molar-refractivity contribution in [3.8, 4) is 11.1 Å². The zero-order chi connectivity index (χ0) is 11.2. The molecule has 0 radical (unpaired) electrons. The lowest BCUT2D eigenvalue weighted by atomic mass is 10.0. The third-order valence-electron chi connectivity index (χ3n) is 2.38. The van der Waals surface area contributed by atoms with E-state index in [-0.39, 0.29) is 1.43 Å². The summed E-state index contributed by atoms with van der Waals surface area (Å²) in [5.41, 5.74) is 11.6. The second kappa shape index (κ2) is 5.01. The van der Waals surface area contributed by atoms with Crippen molar-refractivity contribution in [2.45, 2.75) is 6.54 Å². The molecule has 0 unspecified atom stereocenters. The summed E-state index contributed by atoms with van der Waals surface area (Å²) in [6.07, 6.45) is 0. The first-order valence-electron chi connectivity index (χ1n) is 5.05. The van der Waals surface area contributed by atoms with Gasteiger partial charge < -0.3 is 0 Å². The molecule has 0 saturated carbocycles. The van der Waals surface area contributed by atoms with Crippen LogP contribution in [0.15, 0.2) is 59.7 Å². The molecule has 0 aliphatic carbocycles. The molecule has 80 valence electrons. The molecule has 0 bridgehead atoms. The van der Waals surface area contributed by atoms with E-state index < -0.39 is 0 Å². The Morgan fingerprint density at radius 2 is 1.56 bits per heavy atom. The van der Waals surface area contributed by atoms with Gasteiger partial charge in [0.15, 0.2) is 0 Å². The van der Waals surface area contributed by atoms with Crippen molar-refractivity contribution >= 4 is 0 Å². The van der Waals surface area contributed by atoms with Crippen LogP contribution in [-0.4, -0.2) is 0 Å². The first kappa shape index (κ1) is 10.3. The Labute approximate surface area is 95.5 Å². The molecule has 3 nitrogen and oxygen atoms in total. The van der Waals surface area contributed by atoms with Gasteiger partial charge in [0.2, 0.25) is 0 Å². The van der Waals surface area contributed by atoms with E-state index in [2.05, 4.69) is 22.2 Å². The smallest absolute Gasteiger partial charge is 0.0510 e. The third-order valence-corrected chi connectivity index (χ3v) is 2.38. The van der Waals surface area contributed by atoms with Gasteiger partial charge in [0.25, 0.3) is 0 Å². The van der Waals surface area contributed by atoms with E-state index in [0.717, 1.165) is 5.56 Å². The molecule has 0 amide bonds. The lowest BCUT2D eigenvalue weighted by Crippen LogP contribution is -1.81. The first-order valence-corrected chi connectivity index (χ1v) is 5.05. The van der Waals surface area contributed by atoms with Crippen LogP contribution in [0.25, 0.3) is 21.6 Å². The molecule has 2 aromatic carbocycles. The lowest BCUT2D eigenvalue weighted by molar-refractivity contribution is 1.05. The Morgan fingerprint density at radius 3 is 2.19 bits per heavy atom. The fourth-order valence-corrected chi connectivity index (χ4v) is 1.55. The first-order chi connectivity index (χ1) is 7.90. The molecule has 0 spiro atoms. The minimum absolute atomic E-state index is 0. The molecule has 0 fully saturated rings. The van der Waals surface area contributed by atoms with Crippen LogP contribution < -0.4 is 0 Å². The van der Waals surface area contributed by atoms with Gasteiger partial charge in [-0.1, -0.05) is 59.7 Å². The Bertz CT molecular complexity index is 502. The molecule has 0 saturated heterocycles. The Hall–Kier alpha value is -2.25. The highest BCUT2D eigenvalue weighted by molar-refractivity contribution is 5.63. The monoisotopic (exact) mass is 211 g/mol. The highest BCUT2D eigenvalue weighted by atomic mass is 15.1. The van der Waals surface area contributed by atoms with Gasteiger partial charge in [0.1, 0.15) is 0 Å². The van der Waals surface area contributed by atoms with Crippen molar-refractivity contribution in [3.63, 3.8) is 0 Å². The van der Waals surface area contributed by atoms with Gasteiger partial charge in [0.05, 0.1) is 6.54 Å². The van der Waals surface area contributed by atoms with E-state index >= 15 is 0 Å². The highest BCUT2D eigenvalue weighted by Crippen LogP contribution is 2.19. The summed E-state index contributed by atoms with van der Waals surface area (Å²) in [7, 11) is 0. The van der Waals surface area contributed by atoms with Gasteiger partial charge in [-0.05, 0) is 22.2 Å². The SMILES string of the molecule is [HH].[N-]=[N+]=NCc1ccc(-c2ccccc2)cc1. The van der Waals surface area contributed by atoms with Crippen LogP contribution in [0, 0.1) is 0 Å². The summed E-state index contributed by atoms with van der Waals surface area (Å²) < 4.78 is 0. The van der Waals surface area contributed by atoms with Crippen molar-refractivity contribution in [3.05, 3.63) is 70.6 Å². The van der Waals surface area contributed by atoms with E-state index in [1.165, 1.54) is 11.1 Å². The van der Waals surface area contributed by atoms with Crippen LogP contribution in [0.4, 0.5) is 0 Å². The van der Waals surface area contributed by atoms with E-state index in [1.54, 1.807) is 0 Å². The average molecular weight is 211 g/mol. The van der Waals surface area contributed by atoms with E-state index in [9.17, 15) is 0 Å². The van der Waals surface area contributed by atoms with Crippen LogP contribution in [-0.2, 0) is 6.54 Å². The molecule has 2 rings (SSSR count). The average Bonchev–Trinajstić information content (AvgIpc) is 2.38.